The first-order valence-corrected chi connectivity index (χ1v) is 23.1. The maximum Gasteiger partial charge on any atom is 0.0506 e. The van der Waals surface area contributed by atoms with Crippen molar-refractivity contribution >= 4 is 57.0 Å². The van der Waals surface area contributed by atoms with Crippen molar-refractivity contribution in [3.8, 4) is 22.3 Å². The van der Waals surface area contributed by atoms with E-state index in [2.05, 4.69) is 258 Å². The molecule has 1 aliphatic carbocycles. The molecule has 314 valence electrons. The van der Waals surface area contributed by atoms with Gasteiger partial charge in [0.15, 0.2) is 0 Å². The second-order valence-corrected chi connectivity index (χ2v) is 19.9. The largest absolute Gasteiger partial charge is 0.310 e. The van der Waals surface area contributed by atoms with E-state index in [4.69, 9.17) is 0 Å². The second kappa shape index (κ2) is 14.3. The minimum atomic E-state index is -0.173. The zero-order valence-corrected chi connectivity index (χ0v) is 38.0. The van der Waals surface area contributed by atoms with Gasteiger partial charge in [-0.3, -0.25) is 0 Å². The lowest BCUT2D eigenvalue weighted by Crippen LogP contribution is -2.31. The lowest BCUT2D eigenvalue weighted by atomic mass is 9.72. The van der Waals surface area contributed by atoms with Gasteiger partial charge in [0, 0.05) is 27.6 Å². The minimum Gasteiger partial charge on any atom is -0.310 e. The molecule has 2 nitrogen and oxygen atoms in total. The number of fused-ring (bicyclic) bond motifs is 8. The van der Waals surface area contributed by atoms with Crippen LogP contribution in [0.4, 0.5) is 34.1 Å². The molecule has 0 fully saturated rings. The predicted molar refractivity (Wildman–Crippen MR) is 276 cm³/mol. The molecular formula is C63H52N2. The van der Waals surface area contributed by atoms with Gasteiger partial charge < -0.3 is 9.80 Å². The third kappa shape index (κ3) is 6.00. The van der Waals surface area contributed by atoms with Gasteiger partial charge in [-0.25, -0.2) is 0 Å². The van der Waals surface area contributed by atoms with Gasteiger partial charge in [0.2, 0.25) is 0 Å². The first-order chi connectivity index (χ1) is 31.5. The topological polar surface area (TPSA) is 6.48 Å². The smallest absolute Gasteiger partial charge is 0.0506 e. The molecular weight excluding hydrogens is 785 g/mol. The molecule has 0 spiro atoms. The van der Waals surface area contributed by atoms with Crippen molar-refractivity contribution < 1.29 is 0 Å². The number of anilines is 6. The molecule has 12 rings (SSSR count). The van der Waals surface area contributed by atoms with E-state index in [1.54, 1.807) is 0 Å². The van der Waals surface area contributed by atoms with E-state index in [-0.39, 0.29) is 16.2 Å². The summed E-state index contributed by atoms with van der Waals surface area (Å²) < 4.78 is 0. The van der Waals surface area contributed by atoms with Crippen molar-refractivity contribution in [1.29, 1.82) is 0 Å². The van der Waals surface area contributed by atoms with Gasteiger partial charge in [-0.05, 0) is 138 Å². The molecule has 0 amide bonds. The lowest BCUT2D eigenvalue weighted by Gasteiger charge is -2.42. The van der Waals surface area contributed by atoms with Crippen LogP contribution in [-0.4, -0.2) is 0 Å². The fourth-order valence-corrected chi connectivity index (χ4v) is 11.4. The van der Waals surface area contributed by atoms with Crippen LogP contribution in [0.15, 0.2) is 194 Å². The number of nitrogens with zero attached hydrogens (tertiary/aromatic N) is 2. The summed E-state index contributed by atoms with van der Waals surface area (Å²) in [5.74, 6) is 0. The zero-order valence-electron chi connectivity index (χ0n) is 38.0. The fourth-order valence-electron chi connectivity index (χ4n) is 11.4. The van der Waals surface area contributed by atoms with Gasteiger partial charge in [-0.15, -0.1) is 0 Å². The maximum absolute atomic E-state index is 2.50. The van der Waals surface area contributed by atoms with Crippen LogP contribution in [0.25, 0.3) is 45.2 Å². The van der Waals surface area contributed by atoms with Crippen molar-refractivity contribution in [2.24, 2.45) is 0 Å². The summed E-state index contributed by atoms with van der Waals surface area (Å²) in [7, 11) is 0. The quantitative estimate of drug-likeness (QED) is 0.159. The Morgan fingerprint density at radius 3 is 1.57 bits per heavy atom. The van der Waals surface area contributed by atoms with Crippen molar-refractivity contribution in [1.82, 2.24) is 0 Å². The maximum atomic E-state index is 2.50. The first-order valence-electron chi connectivity index (χ1n) is 23.1. The average Bonchev–Trinajstić information content (AvgIpc) is 3.55. The zero-order chi connectivity index (χ0) is 44.2. The highest BCUT2D eigenvalue weighted by molar-refractivity contribution is 5.94. The molecule has 2 heteroatoms. The Bertz CT molecular complexity index is 3400. The normalized spacial score (nSPS) is 15.8. The SMILES string of the molecule is CC1(C)c2cc(/C=C/c3ccc(-c4ccc5c(c4)C(C)(C)c4ccccc4N5c4ccc5ccccc5c4)cc3)ccc2-c2cc3c(cc21)N(c1ccccc1)c1ccccc1C3(C)C. The molecule has 0 radical (unpaired) electrons. The Labute approximate surface area is 383 Å². The Hall–Kier alpha value is -7.42. The molecule has 0 aromatic heterocycles. The van der Waals surface area contributed by atoms with Crippen LogP contribution in [0.1, 0.15) is 86.1 Å². The molecule has 9 aromatic carbocycles. The summed E-state index contributed by atoms with van der Waals surface area (Å²) in [6.45, 7) is 14.3. The van der Waals surface area contributed by atoms with E-state index in [0.717, 1.165) is 0 Å². The monoisotopic (exact) mass is 836 g/mol. The fraction of sp³-hybridized carbons (Fsp3) is 0.143. The van der Waals surface area contributed by atoms with Crippen LogP contribution < -0.4 is 9.80 Å². The molecule has 3 aliphatic rings. The number of rotatable bonds is 5. The van der Waals surface area contributed by atoms with E-state index < -0.39 is 0 Å². The molecule has 0 saturated carbocycles. The number of para-hydroxylation sites is 3. The van der Waals surface area contributed by atoms with Crippen LogP contribution in [-0.2, 0) is 16.2 Å². The molecule has 0 saturated heterocycles. The number of benzene rings is 9. The molecule has 65 heavy (non-hydrogen) atoms. The van der Waals surface area contributed by atoms with Crippen molar-refractivity contribution in [2.45, 2.75) is 57.8 Å². The van der Waals surface area contributed by atoms with Crippen LogP contribution in [0.3, 0.4) is 0 Å². The van der Waals surface area contributed by atoms with Gasteiger partial charge in [0.25, 0.3) is 0 Å². The van der Waals surface area contributed by atoms with Crippen LogP contribution in [0.5, 0.6) is 0 Å². The highest BCUT2D eigenvalue weighted by atomic mass is 15.2. The van der Waals surface area contributed by atoms with Gasteiger partial charge in [0.05, 0.1) is 22.7 Å². The average molecular weight is 837 g/mol. The van der Waals surface area contributed by atoms with Gasteiger partial charge in [-0.1, -0.05) is 187 Å². The minimum absolute atomic E-state index is 0.153. The van der Waals surface area contributed by atoms with Crippen LogP contribution >= 0.6 is 0 Å². The van der Waals surface area contributed by atoms with Crippen molar-refractivity contribution in [3.63, 3.8) is 0 Å². The summed E-state index contributed by atoms with van der Waals surface area (Å²) in [5.41, 5.74) is 22.6. The van der Waals surface area contributed by atoms with Gasteiger partial charge in [-0.2, -0.15) is 0 Å². The number of hydrogen-bond donors (Lipinski definition) is 0. The summed E-state index contributed by atoms with van der Waals surface area (Å²) in [6, 6.07) is 72.3. The summed E-state index contributed by atoms with van der Waals surface area (Å²) in [5, 5.41) is 2.50. The highest BCUT2D eigenvalue weighted by Gasteiger charge is 2.42. The molecule has 2 heterocycles. The summed E-state index contributed by atoms with van der Waals surface area (Å²) >= 11 is 0. The third-order valence-corrected chi connectivity index (χ3v) is 15.0. The van der Waals surface area contributed by atoms with E-state index in [1.165, 1.54) is 112 Å². The van der Waals surface area contributed by atoms with Crippen molar-refractivity contribution in [2.75, 3.05) is 9.80 Å². The number of hydrogen-bond acceptors (Lipinski definition) is 2. The Morgan fingerprint density at radius 2 is 0.846 bits per heavy atom. The van der Waals surface area contributed by atoms with E-state index in [0.29, 0.717) is 0 Å². The molecule has 0 unspecified atom stereocenters. The van der Waals surface area contributed by atoms with Crippen LogP contribution in [0, 0.1) is 0 Å². The van der Waals surface area contributed by atoms with E-state index in [9.17, 15) is 0 Å². The van der Waals surface area contributed by atoms with Crippen molar-refractivity contribution in [3.05, 3.63) is 239 Å². The standard InChI is InChI=1S/C63H52N2/c1-61(2)52-21-13-15-23-58(52)65(48-33-31-43-16-10-11-17-45(43)37-48)59-35-32-46(38-55(59)61)44-29-26-41(27-30-44)24-25-42-28-34-49-50-39-56-60(40-54(50)63(5,6)53(49)36-42)64(47-18-8-7-9-19-47)57-22-14-12-20-51(57)62(56,3)4/h7-40H,1-6H3/b25-24+. The van der Waals surface area contributed by atoms with Gasteiger partial charge in [0.1, 0.15) is 0 Å². The first kappa shape index (κ1) is 39.2. The molecule has 0 bridgehead atoms. The van der Waals surface area contributed by atoms with E-state index >= 15 is 0 Å². The molecule has 9 aromatic rings. The summed E-state index contributed by atoms with van der Waals surface area (Å²) in [4.78, 5) is 4.92. The van der Waals surface area contributed by atoms with E-state index in [1.807, 2.05) is 0 Å². The Morgan fingerprint density at radius 1 is 0.308 bits per heavy atom. The van der Waals surface area contributed by atoms with Crippen LogP contribution in [0.2, 0.25) is 0 Å². The lowest BCUT2D eigenvalue weighted by molar-refractivity contribution is 0.627. The second-order valence-electron chi connectivity index (χ2n) is 19.9. The summed E-state index contributed by atoms with van der Waals surface area (Å²) in [6.07, 6.45) is 4.53. The Balaban J connectivity index is 0.849. The molecule has 2 aliphatic heterocycles. The molecule has 0 atom stereocenters. The third-order valence-electron chi connectivity index (χ3n) is 15.0. The van der Waals surface area contributed by atoms with Gasteiger partial charge >= 0.3 is 0 Å². The molecule has 0 N–H and O–H groups in total. The highest BCUT2D eigenvalue weighted by Crippen LogP contribution is 2.58. The predicted octanol–water partition coefficient (Wildman–Crippen LogP) is 17.2. The Kier molecular flexibility index (Phi) is 8.62.